The zero-order valence-electron chi connectivity index (χ0n) is 11.3. The van der Waals surface area contributed by atoms with Gasteiger partial charge in [-0.15, -0.1) is 0 Å². The molecule has 1 N–H and O–H groups in total. The van der Waals surface area contributed by atoms with Crippen LogP contribution in [0.2, 0.25) is 0 Å². The van der Waals surface area contributed by atoms with Gasteiger partial charge in [0.25, 0.3) is 0 Å². The Bertz CT molecular complexity index is 341. The second-order valence-electron chi connectivity index (χ2n) is 4.14. The molecular formula is C13H23N3O. The molecule has 0 fully saturated rings. The van der Waals surface area contributed by atoms with Gasteiger partial charge in [0.2, 0.25) is 0 Å². The monoisotopic (exact) mass is 237 g/mol. The quantitative estimate of drug-likeness (QED) is 0.791. The highest BCUT2D eigenvalue weighted by Gasteiger charge is 2.10. The predicted octanol–water partition coefficient (Wildman–Crippen LogP) is 2.38. The van der Waals surface area contributed by atoms with Crippen LogP contribution in [0, 0.1) is 6.92 Å². The lowest BCUT2D eigenvalue weighted by Crippen LogP contribution is -2.21. The first-order valence-corrected chi connectivity index (χ1v) is 6.32. The van der Waals surface area contributed by atoms with Crippen molar-refractivity contribution in [3.05, 3.63) is 23.3 Å². The zero-order chi connectivity index (χ0) is 12.7. The molecule has 0 spiro atoms. The van der Waals surface area contributed by atoms with Gasteiger partial charge in [-0.25, -0.2) is 9.97 Å². The summed E-state index contributed by atoms with van der Waals surface area (Å²) in [6.45, 7) is 10.5. The Morgan fingerprint density at radius 3 is 2.76 bits per heavy atom. The molecule has 0 amide bonds. The van der Waals surface area contributed by atoms with Crippen LogP contribution >= 0.6 is 0 Å². The summed E-state index contributed by atoms with van der Waals surface area (Å²) in [5.41, 5.74) is 2.20. The van der Waals surface area contributed by atoms with Crippen LogP contribution in [0.4, 0.5) is 0 Å². The summed E-state index contributed by atoms with van der Waals surface area (Å²) in [7, 11) is 0. The fourth-order valence-corrected chi connectivity index (χ4v) is 1.68. The number of hydrogen-bond donors (Lipinski definition) is 1. The summed E-state index contributed by atoms with van der Waals surface area (Å²) in [6.07, 6.45) is 3.04. The molecule has 0 aliphatic heterocycles. The van der Waals surface area contributed by atoms with E-state index in [9.17, 15) is 0 Å². The molecule has 1 rings (SSSR count). The van der Waals surface area contributed by atoms with E-state index < -0.39 is 0 Å². The Morgan fingerprint density at radius 1 is 1.41 bits per heavy atom. The number of nitrogens with zero attached hydrogens (tertiary/aromatic N) is 2. The van der Waals surface area contributed by atoms with Gasteiger partial charge in [-0.1, -0.05) is 6.92 Å². The maximum absolute atomic E-state index is 5.30. The summed E-state index contributed by atoms with van der Waals surface area (Å²) in [5, 5.41) is 3.44. The van der Waals surface area contributed by atoms with Gasteiger partial charge >= 0.3 is 0 Å². The minimum absolute atomic E-state index is 0.302. The van der Waals surface area contributed by atoms with Crippen LogP contribution < -0.4 is 5.32 Å². The van der Waals surface area contributed by atoms with Crippen LogP contribution in [0.5, 0.6) is 0 Å². The first-order valence-electron chi connectivity index (χ1n) is 6.32. The Kier molecular flexibility index (Phi) is 6.08. The van der Waals surface area contributed by atoms with E-state index in [1.54, 1.807) is 0 Å². The minimum Gasteiger partial charge on any atom is -0.374 e. The molecule has 0 bridgehead atoms. The fraction of sp³-hybridized carbons (Fsp3) is 0.692. The smallest absolute Gasteiger partial charge is 0.154 e. The molecule has 4 nitrogen and oxygen atoms in total. The average molecular weight is 237 g/mol. The van der Waals surface area contributed by atoms with Crippen molar-refractivity contribution in [1.29, 1.82) is 0 Å². The summed E-state index contributed by atoms with van der Waals surface area (Å²) in [5.74, 6) is 0.760. The predicted molar refractivity (Wildman–Crippen MR) is 68.8 cm³/mol. The highest BCUT2D eigenvalue weighted by molar-refractivity contribution is 5.19. The normalized spacial score (nSPS) is 12.7. The van der Waals surface area contributed by atoms with Gasteiger partial charge in [0.1, 0.15) is 6.61 Å². The van der Waals surface area contributed by atoms with Gasteiger partial charge in [-0.2, -0.15) is 0 Å². The van der Waals surface area contributed by atoms with Gasteiger partial charge in [-0.05, 0) is 33.7 Å². The molecule has 96 valence electrons. The number of rotatable bonds is 7. The van der Waals surface area contributed by atoms with E-state index in [2.05, 4.69) is 29.1 Å². The second kappa shape index (κ2) is 7.35. The van der Waals surface area contributed by atoms with Gasteiger partial charge in [0.05, 0.1) is 0 Å². The molecule has 1 aromatic heterocycles. The van der Waals surface area contributed by atoms with Crippen LogP contribution in [-0.4, -0.2) is 23.1 Å². The number of aryl methyl sites for hydroxylation is 1. The SMILES string of the molecule is CCCNC(C)c1cnc(COCC)nc1C. The summed E-state index contributed by atoms with van der Waals surface area (Å²) in [6, 6.07) is 0.302. The minimum atomic E-state index is 0.302. The van der Waals surface area contributed by atoms with Crippen molar-refractivity contribution in [1.82, 2.24) is 15.3 Å². The van der Waals surface area contributed by atoms with E-state index in [0.29, 0.717) is 19.3 Å². The first kappa shape index (κ1) is 14.1. The summed E-state index contributed by atoms with van der Waals surface area (Å²) < 4.78 is 5.30. The summed E-state index contributed by atoms with van der Waals surface area (Å²) in [4.78, 5) is 8.79. The molecular weight excluding hydrogens is 214 g/mol. The molecule has 17 heavy (non-hydrogen) atoms. The van der Waals surface area contributed by atoms with Crippen LogP contribution in [0.15, 0.2) is 6.20 Å². The topological polar surface area (TPSA) is 47.0 Å². The first-order chi connectivity index (χ1) is 8.19. The summed E-state index contributed by atoms with van der Waals surface area (Å²) >= 11 is 0. The molecule has 4 heteroatoms. The van der Waals surface area contributed by atoms with Crippen molar-refractivity contribution in [2.75, 3.05) is 13.2 Å². The Morgan fingerprint density at radius 2 is 2.18 bits per heavy atom. The lowest BCUT2D eigenvalue weighted by Gasteiger charge is -2.15. The second-order valence-corrected chi connectivity index (χ2v) is 4.14. The van der Waals surface area contributed by atoms with Crippen molar-refractivity contribution in [2.24, 2.45) is 0 Å². The third-order valence-electron chi connectivity index (χ3n) is 2.67. The van der Waals surface area contributed by atoms with Crippen LogP contribution in [0.3, 0.4) is 0 Å². The van der Waals surface area contributed by atoms with E-state index in [1.807, 2.05) is 20.0 Å². The number of nitrogens with one attached hydrogen (secondary N) is 1. The number of aromatic nitrogens is 2. The van der Waals surface area contributed by atoms with E-state index in [4.69, 9.17) is 4.74 Å². The Balaban J connectivity index is 2.68. The van der Waals surface area contributed by atoms with Crippen molar-refractivity contribution < 1.29 is 4.74 Å². The van der Waals surface area contributed by atoms with Gasteiger partial charge in [0.15, 0.2) is 5.82 Å². The van der Waals surface area contributed by atoms with Gasteiger partial charge in [0, 0.05) is 30.1 Å². The van der Waals surface area contributed by atoms with Gasteiger partial charge in [-0.3, -0.25) is 0 Å². The molecule has 1 unspecified atom stereocenters. The van der Waals surface area contributed by atoms with Crippen molar-refractivity contribution in [3.8, 4) is 0 Å². The van der Waals surface area contributed by atoms with Crippen LogP contribution in [0.25, 0.3) is 0 Å². The Hall–Kier alpha value is -1.00. The zero-order valence-corrected chi connectivity index (χ0v) is 11.3. The van der Waals surface area contributed by atoms with E-state index >= 15 is 0 Å². The lowest BCUT2D eigenvalue weighted by atomic mass is 10.1. The molecule has 0 aromatic carbocycles. The maximum Gasteiger partial charge on any atom is 0.154 e. The van der Waals surface area contributed by atoms with E-state index in [-0.39, 0.29) is 0 Å². The van der Waals surface area contributed by atoms with Crippen LogP contribution in [0.1, 0.15) is 50.3 Å². The van der Waals surface area contributed by atoms with Crippen molar-refractivity contribution >= 4 is 0 Å². The Labute approximate surface area is 104 Å². The molecule has 0 aliphatic carbocycles. The molecule has 1 heterocycles. The van der Waals surface area contributed by atoms with Gasteiger partial charge < -0.3 is 10.1 Å². The third-order valence-corrected chi connectivity index (χ3v) is 2.67. The highest BCUT2D eigenvalue weighted by Crippen LogP contribution is 2.14. The number of ether oxygens (including phenoxy) is 1. The molecule has 1 aromatic rings. The molecule has 1 atom stereocenters. The largest absolute Gasteiger partial charge is 0.374 e. The third kappa shape index (κ3) is 4.40. The molecule has 0 saturated heterocycles. The average Bonchev–Trinajstić information content (AvgIpc) is 2.33. The number of hydrogen-bond acceptors (Lipinski definition) is 4. The van der Waals surface area contributed by atoms with E-state index in [1.165, 1.54) is 5.56 Å². The highest BCUT2D eigenvalue weighted by atomic mass is 16.5. The standard InChI is InChI=1S/C13H23N3O/c1-5-7-14-10(3)12-8-15-13(9-17-6-2)16-11(12)4/h8,10,14H,5-7,9H2,1-4H3. The van der Waals surface area contributed by atoms with Crippen LogP contribution in [-0.2, 0) is 11.3 Å². The molecule has 0 saturated carbocycles. The van der Waals surface area contributed by atoms with E-state index in [0.717, 1.165) is 24.5 Å². The maximum atomic E-state index is 5.30. The van der Waals surface area contributed by atoms with Crippen molar-refractivity contribution in [3.63, 3.8) is 0 Å². The molecule has 0 aliphatic rings. The molecule has 0 radical (unpaired) electrons. The lowest BCUT2D eigenvalue weighted by molar-refractivity contribution is 0.128. The van der Waals surface area contributed by atoms with Crippen molar-refractivity contribution in [2.45, 2.75) is 46.8 Å². The fourth-order valence-electron chi connectivity index (χ4n) is 1.68.